The zero-order valence-corrected chi connectivity index (χ0v) is 17.9. The number of ketones is 1. The molecule has 0 radical (unpaired) electrons. The molecule has 0 spiro atoms. The summed E-state index contributed by atoms with van der Waals surface area (Å²) in [5, 5.41) is 25.4. The van der Waals surface area contributed by atoms with Crippen LogP contribution in [0.5, 0.6) is 11.5 Å². The number of fused-ring (bicyclic) bond motifs is 1. The molecule has 0 bridgehead atoms. The maximum Gasteiger partial charge on any atom is 0.177 e. The average molecular weight is 410 g/mol. The van der Waals surface area contributed by atoms with Crippen LogP contribution in [0.3, 0.4) is 0 Å². The average Bonchev–Trinajstić information content (AvgIpc) is 2.71. The zero-order valence-electron chi connectivity index (χ0n) is 17.9. The summed E-state index contributed by atoms with van der Waals surface area (Å²) in [7, 11) is 0. The minimum absolute atomic E-state index is 0.0138. The van der Waals surface area contributed by atoms with E-state index < -0.39 is 11.7 Å². The zero-order chi connectivity index (χ0) is 21.5. The number of aliphatic hydroxyl groups is 1. The maximum absolute atomic E-state index is 13.6. The van der Waals surface area contributed by atoms with Gasteiger partial charge in [-0.05, 0) is 75.4 Å². The topological polar surface area (TPSA) is 78.8 Å². The lowest BCUT2D eigenvalue weighted by molar-refractivity contribution is -0.167. The predicted molar refractivity (Wildman–Crippen MR) is 116 cm³/mol. The summed E-state index contributed by atoms with van der Waals surface area (Å²) in [5.74, 6) is -0.317. The summed E-state index contributed by atoms with van der Waals surface area (Å²) in [6.07, 6.45) is 0.863. The first-order chi connectivity index (χ1) is 14.3. The van der Waals surface area contributed by atoms with Crippen molar-refractivity contribution in [3.8, 4) is 11.5 Å². The Morgan fingerprint density at radius 1 is 1.20 bits per heavy atom. The van der Waals surface area contributed by atoms with Gasteiger partial charge in [-0.25, -0.2) is 0 Å². The fourth-order valence-corrected chi connectivity index (χ4v) is 5.14. The monoisotopic (exact) mass is 409 g/mol. The van der Waals surface area contributed by atoms with Crippen molar-refractivity contribution in [3.63, 3.8) is 0 Å². The van der Waals surface area contributed by atoms with E-state index in [-0.39, 0.29) is 29.4 Å². The van der Waals surface area contributed by atoms with Gasteiger partial charge in [0.25, 0.3) is 0 Å². The van der Waals surface area contributed by atoms with Gasteiger partial charge in [0.05, 0.1) is 5.60 Å². The molecule has 160 valence electrons. The highest BCUT2D eigenvalue weighted by Gasteiger charge is 2.57. The summed E-state index contributed by atoms with van der Waals surface area (Å²) in [6, 6.07) is 13.1. The lowest BCUT2D eigenvalue weighted by Gasteiger charge is -2.52. The van der Waals surface area contributed by atoms with Crippen LogP contribution in [0.1, 0.15) is 36.5 Å². The van der Waals surface area contributed by atoms with Gasteiger partial charge in [0.1, 0.15) is 0 Å². The lowest BCUT2D eigenvalue weighted by atomic mass is 9.62. The van der Waals surface area contributed by atoms with E-state index in [1.807, 2.05) is 45.0 Å². The van der Waals surface area contributed by atoms with Crippen molar-refractivity contribution in [2.45, 2.75) is 57.8 Å². The molecule has 1 aliphatic carbocycles. The Morgan fingerprint density at radius 3 is 2.73 bits per heavy atom. The Bertz CT molecular complexity index is 942. The van der Waals surface area contributed by atoms with Crippen LogP contribution >= 0.6 is 0 Å². The molecule has 0 amide bonds. The number of phenolic OH excluding ortho intramolecular Hbond substituents is 1. The number of hydrogen-bond donors (Lipinski definition) is 3. The Labute approximate surface area is 178 Å². The van der Waals surface area contributed by atoms with E-state index in [1.165, 1.54) is 0 Å². The summed E-state index contributed by atoms with van der Waals surface area (Å²) in [5.41, 5.74) is 2.16. The molecule has 30 heavy (non-hydrogen) atoms. The van der Waals surface area contributed by atoms with Gasteiger partial charge < -0.3 is 20.3 Å². The highest BCUT2D eigenvalue weighted by molar-refractivity contribution is 5.88. The summed E-state index contributed by atoms with van der Waals surface area (Å²) in [4.78, 5) is 13.6. The number of hydrogen-bond acceptors (Lipinski definition) is 5. The van der Waals surface area contributed by atoms with Crippen LogP contribution in [0.15, 0.2) is 42.5 Å². The molecule has 1 heterocycles. The number of carbonyl (C=O) groups excluding carboxylic acids is 1. The van der Waals surface area contributed by atoms with Crippen molar-refractivity contribution in [2.24, 2.45) is 11.8 Å². The molecule has 0 aromatic heterocycles. The lowest BCUT2D eigenvalue weighted by Crippen LogP contribution is -2.67. The van der Waals surface area contributed by atoms with Crippen LogP contribution < -0.4 is 10.1 Å². The van der Waals surface area contributed by atoms with E-state index in [9.17, 15) is 15.0 Å². The van der Waals surface area contributed by atoms with E-state index in [2.05, 4.69) is 5.32 Å². The van der Waals surface area contributed by atoms with Crippen LogP contribution in [0.4, 0.5) is 0 Å². The Morgan fingerprint density at radius 2 is 1.97 bits per heavy atom. The van der Waals surface area contributed by atoms with Crippen LogP contribution in [0, 0.1) is 25.7 Å². The fourth-order valence-electron chi connectivity index (χ4n) is 5.14. The van der Waals surface area contributed by atoms with Gasteiger partial charge >= 0.3 is 0 Å². The van der Waals surface area contributed by atoms with E-state index >= 15 is 0 Å². The Hall–Kier alpha value is -2.37. The minimum Gasteiger partial charge on any atom is -0.504 e. The molecule has 2 aromatic rings. The third kappa shape index (κ3) is 3.72. The van der Waals surface area contributed by atoms with Crippen molar-refractivity contribution < 1.29 is 19.7 Å². The second-order valence-corrected chi connectivity index (χ2v) is 9.01. The highest BCUT2D eigenvalue weighted by atomic mass is 16.5. The minimum atomic E-state index is -1.04. The largest absolute Gasteiger partial charge is 0.504 e. The van der Waals surface area contributed by atoms with Crippen molar-refractivity contribution in [1.29, 1.82) is 0 Å². The van der Waals surface area contributed by atoms with Gasteiger partial charge in [-0.2, -0.15) is 0 Å². The molecule has 3 N–H and O–H groups in total. The first-order valence-corrected chi connectivity index (χ1v) is 10.8. The Balaban J connectivity index is 1.69. The van der Waals surface area contributed by atoms with Gasteiger partial charge in [0.2, 0.25) is 0 Å². The van der Waals surface area contributed by atoms with Gasteiger partial charge in [-0.3, -0.25) is 4.79 Å². The second kappa shape index (κ2) is 8.05. The molecular formula is C25H31NO4. The van der Waals surface area contributed by atoms with E-state index in [1.54, 1.807) is 18.2 Å². The molecular weight excluding hydrogens is 378 g/mol. The quantitative estimate of drug-likeness (QED) is 0.722. The standard InChI is InChI=1S/C25H31NO4/c1-15-8-9-21(27)22(12-15)30-24-20-10-11-26-17(3)25(20,29)14-19(23(24)28)13-18-7-5-4-6-16(18)2/h4-9,12,17,19-20,24,26-27,29H,10-11,13-14H2,1-3H3/t17-,19+,20?,24-,25?/m1/s1. The normalized spacial score (nSPS) is 31.3. The molecule has 4 rings (SSSR count). The molecule has 2 aromatic carbocycles. The van der Waals surface area contributed by atoms with Gasteiger partial charge in [0, 0.05) is 17.9 Å². The number of aromatic hydroxyl groups is 1. The fraction of sp³-hybridized carbons (Fsp3) is 0.480. The molecule has 1 saturated heterocycles. The first kappa shape index (κ1) is 20.9. The number of benzene rings is 2. The summed E-state index contributed by atoms with van der Waals surface area (Å²) in [6.45, 7) is 6.67. The first-order valence-electron chi connectivity index (χ1n) is 10.8. The van der Waals surface area contributed by atoms with Crippen molar-refractivity contribution in [1.82, 2.24) is 5.32 Å². The third-order valence-electron chi connectivity index (χ3n) is 7.02. The van der Waals surface area contributed by atoms with Crippen molar-refractivity contribution in [3.05, 3.63) is 59.2 Å². The van der Waals surface area contributed by atoms with E-state index in [0.29, 0.717) is 25.0 Å². The van der Waals surface area contributed by atoms with Gasteiger partial charge in [-0.15, -0.1) is 0 Å². The maximum atomic E-state index is 13.6. The van der Waals surface area contributed by atoms with Crippen LogP contribution in [0.2, 0.25) is 0 Å². The number of piperidine rings is 1. The highest BCUT2D eigenvalue weighted by Crippen LogP contribution is 2.45. The van der Waals surface area contributed by atoms with E-state index in [4.69, 9.17) is 4.74 Å². The molecule has 2 fully saturated rings. The number of phenols is 1. The molecule has 2 aliphatic rings. The smallest absolute Gasteiger partial charge is 0.177 e. The second-order valence-electron chi connectivity index (χ2n) is 9.01. The van der Waals surface area contributed by atoms with Crippen LogP contribution in [0.25, 0.3) is 0 Å². The summed E-state index contributed by atoms with van der Waals surface area (Å²) >= 11 is 0. The number of ether oxygens (including phenoxy) is 1. The SMILES string of the molecule is Cc1ccc(O)c(O[C@H]2C(=O)[C@@H](Cc3ccccc3C)CC3(O)C2CCN[C@@H]3C)c1. The molecule has 5 nitrogen and oxygen atoms in total. The molecule has 2 unspecified atom stereocenters. The molecule has 5 heteroatoms. The van der Waals surface area contributed by atoms with Crippen LogP contribution in [-0.4, -0.2) is 40.3 Å². The van der Waals surface area contributed by atoms with Crippen molar-refractivity contribution >= 4 is 5.78 Å². The predicted octanol–water partition coefficient (Wildman–Crippen LogP) is 3.32. The Kier molecular flexibility index (Phi) is 5.60. The summed E-state index contributed by atoms with van der Waals surface area (Å²) < 4.78 is 6.17. The number of nitrogens with one attached hydrogen (secondary N) is 1. The van der Waals surface area contributed by atoms with E-state index in [0.717, 1.165) is 23.2 Å². The number of aryl methyl sites for hydroxylation is 2. The number of Topliss-reactive ketones (excluding diaryl/α,β-unsaturated/α-hetero) is 1. The third-order valence-corrected chi connectivity index (χ3v) is 7.02. The number of rotatable bonds is 4. The molecule has 1 saturated carbocycles. The molecule has 5 atom stereocenters. The number of carbonyl (C=O) groups is 1. The van der Waals surface area contributed by atoms with Gasteiger partial charge in [-0.1, -0.05) is 30.3 Å². The van der Waals surface area contributed by atoms with Crippen LogP contribution in [-0.2, 0) is 11.2 Å². The van der Waals surface area contributed by atoms with Gasteiger partial charge in [0.15, 0.2) is 23.4 Å². The van der Waals surface area contributed by atoms with Crippen molar-refractivity contribution in [2.75, 3.05) is 6.54 Å². The molecule has 1 aliphatic heterocycles.